The maximum atomic E-state index is 12.4. The van der Waals surface area contributed by atoms with E-state index in [9.17, 15) is 4.79 Å². The van der Waals surface area contributed by atoms with Gasteiger partial charge in [0.25, 0.3) is 0 Å². The van der Waals surface area contributed by atoms with Crippen LogP contribution in [-0.2, 0) is 23.1 Å². The molecule has 6 heteroatoms. The van der Waals surface area contributed by atoms with Gasteiger partial charge >= 0.3 is 0 Å². The number of hydrogen-bond acceptors (Lipinski definition) is 2. The molecule has 1 aliphatic rings. The molecule has 5 nitrogen and oxygen atoms in total. The number of nitrogens with zero attached hydrogens (tertiary/aromatic N) is 2. The number of nitrogens with one attached hydrogen (secondary N) is 2. The molecule has 2 N–H and O–H groups in total. The van der Waals surface area contributed by atoms with Gasteiger partial charge in [0.2, 0.25) is 5.91 Å². The van der Waals surface area contributed by atoms with Crippen molar-refractivity contribution in [3.05, 3.63) is 71.3 Å². The van der Waals surface area contributed by atoms with E-state index < -0.39 is 0 Å². The average Bonchev–Trinajstić information content (AvgIpc) is 3.14. The van der Waals surface area contributed by atoms with Gasteiger partial charge in [-0.15, -0.1) is 24.0 Å². The molecule has 2 aromatic rings. The zero-order valence-corrected chi connectivity index (χ0v) is 22.8. The number of benzene rings is 2. The van der Waals surface area contributed by atoms with Crippen LogP contribution in [0.25, 0.3) is 0 Å². The molecule has 0 aromatic heterocycles. The first kappa shape index (κ1) is 27.2. The van der Waals surface area contributed by atoms with Crippen LogP contribution in [0.1, 0.15) is 43.9 Å². The fourth-order valence-corrected chi connectivity index (χ4v) is 4.07. The maximum absolute atomic E-state index is 12.4. The lowest BCUT2D eigenvalue weighted by molar-refractivity contribution is -0.127. The Morgan fingerprint density at radius 2 is 1.67 bits per heavy atom. The molecular weight excluding hydrogens is 523 g/mol. The van der Waals surface area contributed by atoms with Crippen LogP contribution in [0.15, 0.2) is 59.6 Å². The van der Waals surface area contributed by atoms with Gasteiger partial charge in [0.05, 0.1) is 0 Å². The summed E-state index contributed by atoms with van der Waals surface area (Å²) in [7, 11) is 1.79. The van der Waals surface area contributed by atoms with Gasteiger partial charge in [0, 0.05) is 45.6 Å². The predicted octanol–water partition coefficient (Wildman–Crippen LogP) is 4.40. The summed E-state index contributed by atoms with van der Waals surface area (Å²) in [6.45, 7) is 9.89. The summed E-state index contributed by atoms with van der Waals surface area (Å²) >= 11 is 0. The second-order valence-electron chi connectivity index (χ2n) is 9.72. The number of hydrogen-bond donors (Lipinski definition) is 2. The minimum absolute atomic E-state index is 0. The van der Waals surface area contributed by atoms with Gasteiger partial charge in [-0.25, -0.2) is 0 Å². The van der Waals surface area contributed by atoms with Gasteiger partial charge in [0.15, 0.2) is 5.96 Å². The predicted molar refractivity (Wildman–Crippen MR) is 148 cm³/mol. The number of guanidine groups is 1. The molecule has 1 aliphatic heterocycles. The molecule has 1 atom stereocenters. The van der Waals surface area contributed by atoms with E-state index in [0.29, 0.717) is 12.3 Å². The number of halogens is 1. The van der Waals surface area contributed by atoms with E-state index in [-0.39, 0.29) is 35.3 Å². The molecule has 1 heterocycles. The second-order valence-corrected chi connectivity index (χ2v) is 9.72. The molecule has 1 amide bonds. The minimum Gasteiger partial charge on any atom is -0.356 e. The Labute approximate surface area is 216 Å². The average molecular weight is 563 g/mol. The van der Waals surface area contributed by atoms with E-state index in [1.54, 1.807) is 7.05 Å². The Bertz CT molecular complexity index is 891. The van der Waals surface area contributed by atoms with E-state index in [1.165, 1.54) is 16.7 Å². The molecule has 3 rings (SSSR count). The van der Waals surface area contributed by atoms with Crippen molar-refractivity contribution in [1.29, 1.82) is 0 Å². The number of aliphatic imine (C=N–C) groups is 1. The van der Waals surface area contributed by atoms with Crippen LogP contribution in [0.3, 0.4) is 0 Å². The lowest BCUT2D eigenvalue weighted by Crippen LogP contribution is -2.41. The first-order valence-corrected chi connectivity index (χ1v) is 11.7. The van der Waals surface area contributed by atoms with Crippen molar-refractivity contribution in [2.45, 2.75) is 45.4 Å². The van der Waals surface area contributed by atoms with E-state index in [0.717, 1.165) is 45.0 Å². The molecule has 180 valence electrons. The Morgan fingerprint density at radius 3 is 2.30 bits per heavy atom. The Balaban J connectivity index is 0.00000385. The molecule has 2 aromatic carbocycles. The summed E-state index contributed by atoms with van der Waals surface area (Å²) in [5.74, 6) is 1.38. The summed E-state index contributed by atoms with van der Waals surface area (Å²) in [6.07, 6.45) is 2.46. The van der Waals surface area contributed by atoms with Gasteiger partial charge in [-0.1, -0.05) is 75.4 Å². The smallest absolute Gasteiger partial charge is 0.223 e. The quantitative estimate of drug-likeness (QED) is 0.285. The maximum Gasteiger partial charge on any atom is 0.223 e. The molecule has 0 bridgehead atoms. The molecule has 1 unspecified atom stereocenters. The molecule has 1 fully saturated rings. The first-order chi connectivity index (χ1) is 15.3. The highest BCUT2D eigenvalue weighted by molar-refractivity contribution is 14.0. The van der Waals surface area contributed by atoms with Crippen molar-refractivity contribution in [2.24, 2.45) is 10.9 Å². The summed E-state index contributed by atoms with van der Waals surface area (Å²) < 4.78 is 0. The molecule has 0 spiro atoms. The van der Waals surface area contributed by atoms with Crippen molar-refractivity contribution in [3.8, 4) is 0 Å². The number of carbonyl (C=O) groups excluding carboxylic acids is 1. The normalized spacial score (nSPS) is 16.5. The van der Waals surface area contributed by atoms with Crippen molar-refractivity contribution in [3.63, 3.8) is 0 Å². The third kappa shape index (κ3) is 8.65. The first-order valence-electron chi connectivity index (χ1n) is 11.7. The summed E-state index contributed by atoms with van der Waals surface area (Å²) in [5, 5.41) is 6.80. The van der Waals surface area contributed by atoms with Crippen molar-refractivity contribution < 1.29 is 4.79 Å². The van der Waals surface area contributed by atoms with Gasteiger partial charge < -0.3 is 15.5 Å². The minimum atomic E-state index is 0. The van der Waals surface area contributed by atoms with Crippen LogP contribution in [0.5, 0.6) is 0 Å². The van der Waals surface area contributed by atoms with Crippen molar-refractivity contribution >= 4 is 35.8 Å². The molecule has 0 aliphatic carbocycles. The van der Waals surface area contributed by atoms with Gasteiger partial charge in [-0.2, -0.15) is 0 Å². The topological polar surface area (TPSA) is 56.7 Å². The number of carbonyl (C=O) groups is 1. The number of likely N-dealkylation sites (tertiary alicyclic amines) is 1. The Hall–Kier alpha value is -2.09. The van der Waals surface area contributed by atoms with Gasteiger partial charge in [0.1, 0.15) is 0 Å². The van der Waals surface area contributed by atoms with Crippen molar-refractivity contribution in [1.82, 2.24) is 15.5 Å². The zero-order chi connectivity index (χ0) is 23.0. The van der Waals surface area contributed by atoms with Crippen LogP contribution in [0.2, 0.25) is 0 Å². The van der Waals surface area contributed by atoms with E-state index in [2.05, 4.69) is 72.8 Å². The molecule has 1 saturated heterocycles. The van der Waals surface area contributed by atoms with Crippen LogP contribution in [0, 0.1) is 5.92 Å². The number of amides is 1. The molecule has 33 heavy (non-hydrogen) atoms. The van der Waals surface area contributed by atoms with Crippen LogP contribution < -0.4 is 10.6 Å². The van der Waals surface area contributed by atoms with Crippen LogP contribution in [0.4, 0.5) is 0 Å². The summed E-state index contributed by atoms with van der Waals surface area (Å²) in [5.41, 5.74) is 4.13. The van der Waals surface area contributed by atoms with E-state index in [1.807, 2.05) is 23.1 Å². The van der Waals surface area contributed by atoms with E-state index >= 15 is 0 Å². The fourth-order valence-electron chi connectivity index (χ4n) is 4.07. The van der Waals surface area contributed by atoms with Gasteiger partial charge in [-0.05, 0) is 34.9 Å². The second kappa shape index (κ2) is 13.0. The fraction of sp³-hybridized carbons (Fsp3) is 0.481. The summed E-state index contributed by atoms with van der Waals surface area (Å²) in [6, 6.07) is 19.2. The van der Waals surface area contributed by atoms with E-state index in [4.69, 9.17) is 0 Å². The van der Waals surface area contributed by atoms with Gasteiger partial charge in [-0.3, -0.25) is 9.79 Å². The monoisotopic (exact) mass is 562 g/mol. The lowest BCUT2D eigenvalue weighted by atomic mass is 9.86. The zero-order valence-electron chi connectivity index (χ0n) is 20.4. The summed E-state index contributed by atoms with van der Waals surface area (Å²) in [4.78, 5) is 18.7. The molecular formula is C27H39IN4O. The lowest BCUT2D eigenvalue weighted by Gasteiger charge is -2.19. The highest BCUT2D eigenvalue weighted by Crippen LogP contribution is 2.22. The highest BCUT2D eigenvalue weighted by Gasteiger charge is 2.29. The standard InChI is InChI=1S/C27H38N4O.HI/c1-27(2,3)24-12-10-22(11-13-24)14-16-29-26(28-4)30-19-23-18-25(32)31(20-23)17-15-21-8-6-5-7-9-21;/h5-13,23H,14-20H2,1-4H3,(H2,28,29,30);1H. The third-order valence-electron chi connectivity index (χ3n) is 6.12. The van der Waals surface area contributed by atoms with Crippen LogP contribution >= 0.6 is 24.0 Å². The van der Waals surface area contributed by atoms with Crippen LogP contribution in [-0.4, -0.2) is 50.0 Å². The Kier molecular flexibility index (Phi) is 10.7. The Morgan fingerprint density at radius 1 is 1.00 bits per heavy atom. The highest BCUT2D eigenvalue weighted by atomic mass is 127. The molecule has 0 radical (unpaired) electrons. The van der Waals surface area contributed by atoms with Crippen molar-refractivity contribution in [2.75, 3.05) is 33.2 Å². The third-order valence-corrected chi connectivity index (χ3v) is 6.12. The number of rotatable bonds is 8. The largest absolute Gasteiger partial charge is 0.356 e. The molecule has 0 saturated carbocycles. The SMILES string of the molecule is CN=C(NCCc1ccc(C(C)(C)C)cc1)NCC1CC(=O)N(CCc2ccccc2)C1.I.